The number of halogens is 1. The highest BCUT2D eigenvalue weighted by molar-refractivity contribution is 6.00. The third kappa shape index (κ3) is 6.13. The fourth-order valence-corrected chi connectivity index (χ4v) is 4.77. The van der Waals surface area contributed by atoms with Crippen molar-refractivity contribution in [3.8, 4) is 22.5 Å². The van der Waals surface area contributed by atoms with Gasteiger partial charge in [-0.1, -0.05) is 6.07 Å². The van der Waals surface area contributed by atoms with E-state index in [2.05, 4.69) is 30.5 Å². The molecule has 5 aromatic rings. The van der Waals surface area contributed by atoms with Crippen LogP contribution in [0.2, 0.25) is 0 Å². The van der Waals surface area contributed by atoms with Gasteiger partial charge in [-0.2, -0.15) is 0 Å². The molecule has 222 valence electrons. The van der Waals surface area contributed by atoms with Gasteiger partial charge in [0.05, 0.1) is 36.2 Å². The van der Waals surface area contributed by atoms with Gasteiger partial charge in [0.15, 0.2) is 5.82 Å². The number of hydrogen-bond acceptors (Lipinski definition) is 9. The first-order valence-electron chi connectivity index (χ1n) is 13.8. The van der Waals surface area contributed by atoms with Gasteiger partial charge in [-0.3, -0.25) is 4.79 Å². The molecule has 3 amide bonds. The average molecular weight is 594 g/mol. The number of anilines is 3. The molecule has 0 atom stereocenters. The summed E-state index contributed by atoms with van der Waals surface area (Å²) in [6.45, 7) is 2.41. The van der Waals surface area contributed by atoms with Crippen LogP contribution in [0.15, 0.2) is 73.4 Å². The molecular formula is C31H28FN9O3. The lowest BCUT2D eigenvalue weighted by Gasteiger charge is -2.29. The number of ether oxygens (including phenoxy) is 1. The van der Waals surface area contributed by atoms with Gasteiger partial charge in [-0.05, 0) is 48.0 Å². The monoisotopic (exact) mass is 593 g/mol. The fourth-order valence-electron chi connectivity index (χ4n) is 4.77. The minimum atomic E-state index is -0.601. The number of carbonyl (C=O) groups is 2. The second-order valence-corrected chi connectivity index (χ2v) is 10.2. The Hall–Kier alpha value is -5.56. The molecule has 0 unspecified atom stereocenters. The Morgan fingerprint density at radius 1 is 0.886 bits per heavy atom. The summed E-state index contributed by atoms with van der Waals surface area (Å²) in [6.07, 6.45) is 6.28. The third-order valence-electron chi connectivity index (χ3n) is 7.00. The summed E-state index contributed by atoms with van der Waals surface area (Å²) in [5.74, 6) is 0.0515. The molecule has 2 N–H and O–H groups in total. The Morgan fingerprint density at radius 3 is 2.34 bits per heavy atom. The lowest BCUT2D eigenvalue weighted by Crippen LogP contribution is -2.37. The van der Waals surface area contributed by atoms with Crippen LogP contribution in [0.5, 0.6) is 0 Å². The lowest BCUT2D eigenvalue weighted by molar-refractivity contribution is 0.0822. The number of aromatic nitrogens is 5. The van der Waals surface area contributed by atoms with Crippen LogP contribution in [-0.2, 0) is 4.74 Å². The normalized spacial score (nSPS) is 13.0. The molecule has 1 saturated heterocycles. The van der Waals surface area contributed by atoms with Crippen molar-refractivity contribution in [2.45, 2.75) is 0 Å². The van der Waals surface area contributed by atoms with Gasteiger partial charge in [0.1, 0.15) is 23.7 Å². The second kappa shape index (κ2) is 12.4. The molecule has 6 rings (SSSR count). The summed E-state index contributed by atoms with van der Waals surface area (Å²) in [7, 11) is 3.25. The zero-order chi connectivity index (χ0) is 30.6. The molecule has 0 spiro atoms. The predicted octanol–water partition coefficient (Wildman–Crippen LogP) is 4.47. The van der Waals surface area contributed by atoms with Gasteiger partial charge < -0.3 is 25.2 Å². The standard InChI is InChI=1S/C31H28FN9O3/c1-40(2)30(42)26-8-5-22(17-35-26)37-31(43)36-21-4-7-23(25(32)14-21)28-38-27-13-19(20-15-33-18-34-16-20)3-6-24(27)29(39-28)41-9-11-44-12-10-41/h3-8,13-18H,9-12H2,1-2H3,(H2,36,37,43). The second-order valence-electron chi connectivity index (χ2n) is 10.2. The molecule has 0 radical (unpaired) electrons. The van der Waals surface area contributed by atoms with E-state index in [0.29, 0.717) is 43.3 Å². The van der Waals surface area contributed by atoms with E-state index in [1.807, 2.05) is 18.2 Å². The lowest BCUT2D eigenvalue weighted by atomic mass is 10.1. The number of nitrogens with zero attached hydrogens (tertiary/aromatic N) is 7. The number of carbonyl (C=O) groups excluding carboxylic acids is 2. The van der Waals surface area contributed by atoms with Gasteiger partial charge in [-0.25, -0.2) is 34.1 Å². The van der Waals surface area contributed by atoms with Gasteiger partial charge in [0.25, 0.3) is 5.91 Å². The topological polar surface area (TPSA) is 138 Å². The molecule has 1 aliphatic heterocycles. The summed E-state index contributed by atoms with van der Waals surface area (Å²) >= 11 is 0. The maximum atomic E-state index is 15.6. The minimum Gasteiger partial charge on any atom is -0.378 e. The van der Waals surface area contributed by atoms with E-state index in [4.69, 9.17) is 14.7 Å². The van der Waals surface area contributed by atoms with E-state index >= 15 is 4.39 Å². The molecule has 13 heteroatoms. The number of rotatable bonds is 6. The molecule has 1 aliphatic rings. The molecule has 44 heavy (non-hydrogen) atoms. The van der Waals surface area contributed by atoms with Crippen molar-refractivity contribution in [2.75, 3.05) is 55.9 Å². The maximum absolute atomic E-state index is 15.6. The van der Waals surface area contributed by atoms with Gasteiger partial charge in [0.2, 0.25) is 0 Å². The van der Waals surface area contributed by atoms with Crippen LogP contribution in [-0.4, -0.2) is 82.2 Å². The zero-order valence-corrected chi connectivity index (χ0v) is 24.0. The van der Waals surface area contributed by atoms with E-state index < -0.39 is 11.8 Å². The molecular weight excluding hydrogens is 565 g/mol. The van der Waals surface area contributed by atoms with Crippen molar-refractivity contribution in [2.24, 2.45) is 0 Å². The molecule has 2 aromatic carbocycles. The zero-order valence-electron chi connectivity index (χ0n) is 24.0. The van der Waals surface area contributed by atoms with Crippen LogP contribution < -0.4 is 15.5 Å². The van der Waals surface area contributed by atoms with E-state index in [-0.39, 0.29) is 28.7 Å². The maximum Gasteiger partial charge on any atom is 0.323 e. The van der Waals surface area contributed by atoms with Gasteiger partial charge in [-0.15, -0.1) is 0 Å². The Morgan fingerprint density at radius 2 is 1.64 bits per heavy atom. The SMILES string of the molecule is CN(C)C(=O)c1ccc(NC(=O)Nc2ccc(-c3nc(N4CCOCC4)c4ccc(-c5cncnc5)cc4n3)c(F)c2)cn1. The van der Waals surface area contributed by atoms with Crippen LogP contribution in [0.1, 0.15) is 10.5 Å². The van der Waals surface area contributed by atoms with E-state index in [1.165, 1.54) is 35.6 Å². The highest BCUT2D eigenvalue weighted by Crippen LogP contribution is 2.32. The van der Waals surface area contributed by atoms with Crippen molar-refractivity contribution in [3.63, 3.8) is 0 Å². The molecule has 0 bridgehead atoms. The van der Waals surface area contributed by atoms with Crippen molar-refractivity contribution in [1.82, 2.24) is 29.8 Å². The van der Waals surface area contributed by atoms with Crippen molar-refractivity contribution in [1.29, 1.82) is 0 Å². The Bertz CT molecular complexity index is 1830. The van der Waals surface area contributed by atoms with Crippen molar-refractivity contribution < 1.29 is 18.7 Å². The first-order chi connectivity index (χ1) is 21.4. The average Bonchev–Trinajstić information content (AvgIpc) is 3.05. The highest BCUT2D eigenvalue weighted by atomic mass is 19.1. The number of urea groups is 1. The van der Waals surface area contributed by atoms with Crippen LogP contribution in [0.4, 0.5) is 26.4 Å². The minimum absolute atomic E-state index is 0.186. The number of morpholine rings is 1. The molecule has 1 fully saturated rings. The van der Waals surface area contributed by atoms with E-state index in [9.17, 15) is 9.59 Å². The third-order valence-corrected chi connectivity index (χ3v) is 7.00. The quantitative estimate of drug-likeness (QED) is 0.292. The van der Waals surface area contributed by atoms with E-state index in [0.717, 1.165) is 16.5 Å². The number of fused-ring (bicyclic) bond motifs is 1. The van der Waals surface area contributed by atoms with Gasteiger partial charge in [0, 0.05) is 56.2 Å². The van der Waals surface area contributed by atoms with Crippen LogP contribution in [0.3, 0.4) is 0 Å². The summed E-state index contributed by atoms with van der Waals surface area (Å²) in [5, 5.41) is 6.07. The summed E-state index contributed by atoms with van der Waals surface area (Å²) in [4.78, 5) is 50.0. The Kier molecular flexibility index (Phi) is 8.02. The van der Waals surface area contributed by atoms with Crippen LogP contribution in [0, 0.1) is 5.82 Å². The molecule has 12 nitrogen and oxygen atoms in total. The molecule has 3 aromatic heterocycles. The fraction of sp³-hybridized carbons (Fsp3) is 0.194. The Balaban J connectivity index is 1.27. The first kappa shape index (κ1) is 28.6. The first-order valence-corrected chi connectivity index (χ1v) is 13.8. The molecule has 0 aliphatic carbocycles. The predicted molar refractivity (Wildman–Crippen MR) is 164 cm³/mol. The van der Waals surface area contributed by atoms with E-state index in [1.54, 1.807) is 38.6 Å². The number of nitrogens with one attached hydrogen (secondary N) is 2. The number of benzene rings is 2. The molecule has 4 heterocycles. The molecule has 0 saturated carbocycles. The van der Waals surface area contributed by atoms with Crippen LogP contribution >= 0.6 is 0 Å². The number of pyridine rings is 1. The Labute approximate surface area is 252 Å². The van der Waals surface area contributed by atoms with Crippen LogP contribution in [0.25, 0.3) is 33.4 Å². The summed E-state index contributed by atoms with van der Waals surface area (Å²) < 4.78 is 21.1. The largest absolute Gasteiger partial charge is 0.378 e. The summed E-state index contributed by atoms with van der Waals surface area (Å²) in [5.41, 5.74) is 3.38. The number of hydrogen-bond donors (Lipinski definition) is 2. The number of amides is 3. The summed E-state index contributed by atoms with van der Waals surface area (Å²) in [6, 6.07) is 12.6. The van der Waals surface area contributed by atoms with Crippen molar-refractivity contribution >= 4 is 40.0 Å². The highest BCUT2D eigenvalue weighted by Gasteiger charge is 2.20. The van der Waals surface area contributed by atoms with Crippen molar-refractivity contribution in [3.05, 3.63) is 85.0 Å². The smallest absolute Gasteiger partial charge is 0.323 e. The van der Waals surface area contributed by atoms with Gasteiger partial charge >= 0.3 is 6.03 Å².